The van der Waals surface area contributed by atoms with Crippen molar-refractivity contribution >= 4 is 5.97 Å². The smallest absolute Gasteiger partial charge is 0.307 e. The summed E-state index contributed by atoms with van der Waals surface area (Å²) in [6.07, 6.45) is 1.41. The SMILES string of the molecule is O=C(O)C/C=C/CC(O)O. The standard InChI is InChI=1S/C6H10O4/c7-5(8)3-1-2-4-6(9)10/h1-2,5,7-8H,3-4H2,(H,9,10)/b2-1+. The molecule has 0 atom stereocenters. The summed E-state index contributed by atoms with van der Waals surface area (Å²) in [6, 6.07) is 0. The molecular weight excluding hydrogens is 136 g/mol. The third-order valence-electron chi connectivity index (χ3n) is 0.806. The van der Waals surface area contributed by atoms with E-state index in [0.29, 0.717) is 0 Å². The van der Waals surface area contributed by atoms with Gasteiger partial charge in [-0.1, -0.05) is 12.2 Å². The van der Waals surface area contributed by atoms with Crippen molar-refractivity contribution < 1.29 is 20.1 Å². The number of carboxylic acid groups (broad SMARTS) is 1. The normalized spacial score (nSPS) is 11.1. The second kappa shape index (κ2) is 4.96. The van der Waals surface area contributed by atoms with Gasteiger partial charge in [-0.15, -0.1) is 0 Å². The van der Waals surface area contributed by atoms with Crippen molar-refractivity contribution in [2.24, 2.45) is 0 Å². The minimum absolute atomic E-state index is 0.0767. The number of hydrogen-bond donors (Lipinski definition) is 3. The first-order valence-electron chi connectivity index (χ1n) is 2.86. The molecule has 0 unspecified atom stereocenters. The molecule has 0 aliphatic heterocycles. The molecule has 0 aliphatic rings. The number of aliphatic hydroxyl groups excluding tert-OH is 1. The minimum atomic E-state index is -1.38. The largest absolute Gasteiger partial charge is 0.481 e. The van der Waals surface area contributed by atoms with Crippen LogP contribution in [-0.4, -0.2) is 27.6 Å². The fraction of sp³-hybridized carbons (Fsp3) is 0.500. The molecule has 0 aromatic carbocycles. The summed E-state index contributed by atoms with van der Waals surface area (Å²) >= 11 is 0. The van der Waals surface area contributed by atoms with E-state index in [2.05, 4.69) is 0 Å². The Morgan fingerprint density at radius 3 is 2.40 bits per heavy atom. The summed E-state index contributed by atoms with van der Waals surface area (Å²) < 4.78 is 0. The lowest BCUT2D eigenvalue weighted by atomic mass is 10.3. The van der Waals surface area contributed by atoms with Gasteiger partial charge in [0.05, 0.1) is 6.42 Å². The van der Waals surface area contributed by atoms with Crippen molar-refractivity contribution in [1.82, 2.24) is 0 Å². The van der Waals surface area contributed by atoms with E-state index in [1.54, 1.807) is 0 Å². The van der Waals surface area contributed by atoms with Crippen molar-refractivity contribution in [1.29, 1.82) is 0 Å². The van der Waals surface area contributed by atoms with Crippen LogP contribution >= 0.6 is 0 Å². The molecule has 0 aromatic heterocycles. The quantitative estimate of drug-likeness (QED) is 0.376. The Balaban J connectivity index is 3.29. The van der Waals surface area contributed by atoms with Crippen LogP contribution in [0.3, 0.4) is 0 Å². The monoisotopic (exact) mass is 146 g/mol. The van der Waals surface area contributed by atoms with Gasteiger partial charge in [0.2, 0.25) is 0 Å². The topological polar surface area (TPSA) is 77.8 Å². The van der Waals surface area contributed by atoms with Crippen LogP contribution in [0.25, 0.3) is 0 Å². The first-order valence-corrected chi connectivity index (χ1v) is 2.86. The highest BCUT2D eigenvalue weighted by molar-refractivity contribution is 5.68. The molecule has 0 aromatic rings. The van der Waals surface area contributed by atoms with E-state index in [1.165, 1.54) is 12.2 Å². The molecule has 0 spiro atoms. The van der Waals surface area contributed by atoms with E-state index in [4.69, 9.17) is 15.3 Å². The Kier molecular flexibility index (Phi) is 4.53. The van der Waals surface area contributed by atoms with Crippen LogP contribution in [0, 0.1) is 0 Å². The average molecular weight is 146 g/mol. The van der Waals surface area contributed by atoms with E-state index in [0.717, 1.165) is 0 Å². The predicted octanol–water partition coefficient (Wildman–Crippen LogP) is -0.282. The number of aliphatic carboxylic acids is 1. The number of carboxylic acids is 1. The maximum absolute atomic E-state index is 9.87. The van der Waals surface area contributed by atoms with Crippen LogP contribution < -0.4 is 0 Å². The molecule has 3 N–H and O–H groups in total. The van der Waals surface area contributed by atoms with E-state index in [1.807, 2.05) is 0 Å². The van der Waals surface area contributed by atoms with Crippen LogP contribution in [0.1, 0.15) is 12.8 Å². The number of aliphatic hydroxyl groups is 2. The van der Waals surface area contributed by atoms with Crippen molar-refractivity contribution in [3.05, 3.63) is 12.2 Å². The molecular formula is C6H10O4. The Morgan fingerprint density at radius 2 is 2.00 bits per heavy atom. The summed E-state index contributed by atoms with van der Waals surface area (Å²) in [5, 5.41) is 24.7. The molecule has 0 heterocycles. The number of hydrogen-bond acceptors (Lipinski definition) is 3. The van der Waals surface area contributed by atoms with Gasteiger partial charge >= 0.3 is 5.97 Å². The van der Waals surface area contributed by atoms with E-state index in [9.17, 15) is 4.79 Å². The van der Waals surface area contributed by atoms with Crippen LogP contribution in [0.4, 0.5) is 0 Å². The highest BCUT2D eigenvalue weighted by Gasteiger charge is 1.92. The van der Waals surface area contributed by atoms with Gasteiger partial charge in [-0.3, -0.25) is 4.79 Å². The molecule has 0 radical (unpaired) electrons. The summed E-state index contributed by atoms with van der Waals surface area (Å²) in [6.45, 7) is 0. The molecule has 0 rings (SSSR count). The van der Waals surface area contributed by atoms with Gasteiger partial charge in [-0.2, -0.15) is 0 Å². The molecule has 0 amide bonds. The van der Waals surface area contributed by atoms with E-state index < -0.39 is 12.3 Å². The fourth-order valence-corrected chi connectivity index (χ4v) is 0.402. The second-order valence-electron chi connectivity index (χ2n) is 1.79. The Morgan fingerprint density at radius 1 is 1.40 bits per heavy atom. The lowest BCUT2D eigenvalue weighted by Gasteiger charge is -1.94. The van der Waals surface area contributed by atoms with Gasteiger partial charge in [0.25, 0.3) is 0 Å². The summed E-state index contributed by atoms with van der Waals surface area (Å²) in [5.74, 6) is -0.927. The second-order valence-corrected chi connectivity index (χ2v) is 1.79. The van der Waals surface area contributed by atoms with E-state index >= 15 is 0 Å². The molecule has 4 nitrogen and oxygen atoms in total. The van der Waals surface area contributed by atoms with Crippen LogP contribution in [0.2, 0.25) is 0 Å². The van der Waals surface area contributed by atoms with Crippen LogP contribution in [-0.2, 0) is 4.79 Å². The molecule has 0 fully saturated rings. The van der Waals surface area contributed by atoms with Crippen LogP contribution in [0.5, 0.6) is 0 Å². The molecule has 0 saturated heterocycles. The van der Waals surface area contributed by atoms with Crippen molar-refractivity contribution in [2.45, 2.75) is 19.1 Å². The maximum Gasteiger partial charge on any atom is 0.307 e. The summed E-state index contributed by atoms with van der Waals surface area (Å²) in [4.78, 5) is 9.87. The van der Waals surface area contributed by atoms with Gasteiger partial charge in [0, 0.05) is 6.42 Å². The number of rotatable bonds is 4. The van der Waals surface area contributed by atoms with Gasteiger partial charge in [-0.25, -0.2) is 0 Å². The van der Waals surface area contributed by atoms with E-state index in [-0.39, 0.29) is 12.8 Å². The molecule has 0 bridgehead atoms. The van der Waals surface area contributed by atoms with Crippen molar-refractivity contribution in [3.63, 3.8) is 0 Å². The fourth-order valence-electron chi connectivity index (χ4n) is 0.402. The zero-order valence-corrected chi connectivity index (χ0v) is 5.40. The molecule has 4 heteroatoms. The highest BCUT2D eigenvalue weighted by atomic mass is 16.5. The minimum Gasteiger partial charge on any atom is -0.481 e. The number of carbonyl (C=O) groups is 1. The third kappa shape index (κ3) is 7.13. The first-order chi connectivity index (χ1) is 4.63. The summed E-state index contributed by atoms with van der Waals surface area (Å²) in [5.41, 5.74) is 0. The van der Waals surface area contributed by atoms with Gasteiger partial charge in [-0.05, 0) is 0 Å². The Hall–Kier alpha value is -0.870. The van der Waals surface area contributed by atoms with Gasteiger partial charge in [0.1, 0.15) is 0 Å². The van der Waals surface area contributed by atoms with Crippen LogP contribution in [0.15, 0.2) is 12.2 Å². The third-order valence-corrected chi connectivity index (χ3v) is 0.806. The van der Waals surface area contributed by atoms with Crippen molar-refractivity contribution in [2.75, 3.05) is 0 Å². The predicted molar refractivity (Wildman–Crippen MR) is 34.2 cm³/mol. The Labute approximate surface area is 58.4 Å². The lowest BCUT2D eigenvalue weighted by Crippen LogP contribution is -2.00. The summed E-state index contributed by atoms with van der Waals surface area (Å²) in [7, 11) is 0. The first kappa shape index (κ1) is 9.13. The average Bonchev–Trinajstić information content (AvgIpc) is 1.79. The molecule has 10 heavy (non-hydrogen) atoms. The Bertz CT molecular complexity index is 128. The van der Waals surface area contributed by atoms with Gasteiger partial charge < -0.3 is 15.3 Å². The zero-order valence-electron chi connectivity index (χ0n) is 5.40. The molecule has 0 aliphatic carbocycles. The van der Waals surface area contributed by atoms with Crippen molar-refractivity contribution in [3.8, 4) is 0 Å². The highest BCUT2D eigenvalue weighted by Crippen LogP contribution is 1.90. The maximum atomic E-state index is 9.87. The molecule has 0 saturated carbocycles. The lowest BCUT2D eigenvalue weighted by molar-refractivity contribution is -0.136. The zero-order chi connectivity index (χ0) is 7.98. The molecule has 58 valence electrons. The van der Waals surface area contributed by atoms with Gasteiger partial charge in [0.15, 0.2) is 6.29 Å².